The molecule has 0 unspecified atom stereocenters. The lowest BCUT2D eigenvalue weighted by Gasteiger charge is -2.27. The predicted molar refractivity (Wildman–Crippen MR) is 117 cm³/mol. The van der Waals surface area contributed by atoms with Crippen LogP contribution < -0.4 is 5.32 Å². The number of piperidine rings is 1. The molecule has 2 aliphatic rings. The molecular weight excluding hydrogens is 431 g/mol. The summed E-state index contributed by atoms with van der Waals surface area (Å²) in [6.45, 7) is 6.23. The molecule has 32 heavy (non-hydrogen) atoms. The SMILES string of the molecule is Cc1nc(C(=O)NC[C@@H]2[C@@H]3C[C@@H]3CN2C(=O)c2nc(C)sc2-c2cccc(F)c2)c(C)o1. The van der Waals surface area contributed by atoms with Gasteiger partial charge >= 0.3 is 0 Å². The fraction of sp³-hybridized carbons (Fsp3) is 0.391. The van der Waals surface area contributed by atoms with Crippen LogP contribution in [-0.2, 0) is 0 Å². The molecular formula is C23H23FN4O3S. The third-order valence-corrected chi connectivity index (χ3v) is 7.20. The zero-order valence-electron chi connectivity index (χ0n) is 18.0. The number of nitrogens with zero attached hydrogens (tertiary/aromatic N) is 3. The van der Waals surface area contributed by atoms with E-state index in [1.807, 2.05) is 11.8 Å². The lowest BCUT2D eigenvalue weighted by Crippen LogP contribution is -2.46. The van der Waals surface area contributed by atoms with Gasteiger partial charge in [0.15, 0.2) is 11.6 Å². The van der Waals surface area contributed by atoms with Crippen molar-refractivity contribution >= 4 is 23.2 Å². The minimum absolute atomic E-state index is 0.105. The van der Waals surface area contributed by atoms with Gasteiger partial charge in [-0.15, -0.1) is 11.3 Å². The van der Waals surface area contributed by atoms with Crippen LogP contribution in [0.4, 0.5) is 4.39 Å². The Hall–Kier alpha value is -3.07. The van der Waals surface area contributed by atoms with E-state index in [0.29, 0.717) is 52.7 Å². The lowest BCUT2D eigenvalue weighted by atomic mass is 10.1. The number of aromatic nitrogens is 2. The lowest BCUT2D eigenvalue weighted by molar-refractivity contribution is 0.0690. The van der Waals surface area contributed by atoms with Crippen molar-refractivity contribution in [1.82, 2.24) is 20.2 Å². The number of thiazole rings is 1. The highest BCUT2D eigenvalue weighted by atomic mass is 32.1. The minimum Gasteiger partial charge on any atom is -0.445 e. The minimum atomic E-state index is -0.353. The van der Waals surface area contributed by atoms with E-state index in [1.165, 1.54) is 23.5 Å². The number of likely N-dealkylation sites (tertiary alicyclic amines) is 1. The molecule has 5 rings (SSSR count). The van der Waals surface area contributed by atoms with Gasteiger partial charge in [-0.25, -0.2) is 14.4 Å². The number of hydrogen-bond donors (Lipinski definition) is 1. The second-order valence-electron chi connectivity index (χ2n) is 8.45. The van der Waals surface area contributed by atoms with Crippen LogP contribution >= 0.6 is 11.3 Å². The summed E-state index contributed by atoms with van der Waals surface area (Å²) < 4.78 is 19.1. The van der Waals surface area contributed by atoms with E-state index in [2.05, 4.69) is 15.3 Å². The molecule has 1 saturated heterocycles. The average Bonchev–Trinajstić information content (AvgIpc) is 3.07. The van der Waals surface area contributed by atoms with E-state index in [4.69, 9.17) is 4.42 Å². The van der Waals surface area contributed by atoms with Crippen LogP contribution in [0, 0.1) is 38.4 Å². The van der Waals surface area contributed by atoms with Gasteiger partial charge in [0.05, 0.1) is 15.9 Å². The highest BCUT2D eigenvalue weighted by molar-refractivity contribution is 7.15. The normalized spacial score (nSPS) is 21.5. The number of fused-ring (bicyclic) bond motifs is 1. The van der Waals surface area contributed by atoms with Gasteiger partial charge in [0.2, 0.25) is 0 Å². The van der Waals surface area contributed by atoms with E-state index in [-0.39, 0.29) is 29.4 Å². The average molecular weight is 455 g/mol. The molecule has 166 valence electrons. The number of oxazole rings is 1. The fourth-order valence-electron chi connectivity index (χ4n) is 4.62. The predicted octanol–water partition coefficient (Wildman–Crippen LogP) is 3.75. The number of amides is 2. The first-order valence-corrected chi connectivity index (χ1v) is 11.4. The summed E-state index contributed by atoms with van der Waals surface area (Å²) >= 11 is 1.38. The van der Waals surface area contributed by atoms with Gasteiger partial charge in [-0.3, -0.25) is 9.59 Å². The molecule has 1 N–H and O–H groups in total. The van der Waals surface area contributed by atoms with Crippen LogP contribution in [0.15, 0.2) is 28.7 Å². The second-order valence-corrected chi connectivity index (χ2v) is 9.66. The number of rotatable bonds is 5. The second kappa shape index (κ2) is 7.81. The molecule has 9 heteroatoms. The Kier molecular flexibility index (Phi) is 5.08. The summed E-state index contributed by atoms with van der Waals surface area (Å²) in [4.78, 5) is 37.2. The highest BCUT2D eigenvalue weighted by Gasteiger charge is 2.54. The Morgan fingerprint density at radius 3 is 2.78 bits per heavy atom. The van der Waals surface area contributed by atoms with Gasteiger partial charge in [-0.1, -0.05) is 12.1 Å². The molecule has 1 aliphatic carbocycles. The van der Waals surface area contributed by atoms with Crippen molar-refractivity contribution in [2.75, 3.05) is 13.1 Å². The Balaban J connectivity index is 1.36. The Morgan fingerprint density at radius 1 is 1.25 bits per heavy atom. The third-order valence-electron chi connectivity index (χ3n) is 6.18. The number of aryl methyl sites for hydroxylation is 3. The molecule has 0 radical (unpaired) electrons. The molecule has 3 aromatic rings. The summed E-state index contributed by atoms with van der Waals surface area (Å²) in [5, 5.41) is 3.67. The zero-order valence-corrected chi connectivity index (χ0v) is 18.8. The Morgan fingerprint density at radius 2 is 2.06 bits per heavy atom. The maximum atomic E-state index is 13.8. The molecule has 2 amide bonds. The zero-order chi connectivity index (χ0) is 22.6. The van der Waals surface area contributed by atoms with Crippen molar-refractivity contribution in [2.24, 2.45) is 11.8 Å². The Bertz CT molecular complexity index is 1220. The molecule has 3 heterocycles. The molecule has 1 saturated carbocycles. The first kappa shape index (κ1) is 20.8. The molecule has 2 fully saturated rings. The van der Waals surface area contributed by atoms with Gasteiger partial charge in [0.1, 0.15) is 17.3 Å². The molecule has 1 aliphatic heterocycles. The third kappa shape index (κ3) is 3.70. The van der Waals surface area contributed by atoms with Gasteiger partial charge in [0.25, 0.3) is 11.8 Å². The van der Waals surface area contributed by atoms with Crippen molar-refractivity contribution in [2.45, 2.75) is 33.2 Å². The van der Waals surface area contributed by atoms with Crippen LogP contribution in [-0.4, -0.2) is 45.8 Å². The summed E-state index contributed by atoms with van der Waals surface area (Å²) in [6, 6.07) is 6.11. The monoisotopic (exact) mass is 454 g/mol. The van der Waals surface area contributed by atoms with Crippen molar-refractivity contribution in [3.05, 3.63) is 58.1 Å². The Labute approximate surface area is 188 Å². The number of hydrogen-bond acceptors (Lipinski definition) is 6. The standard InChI is InChI=1S/C23H23FN4O3S/c1-11-19(26-12(2)31-11)22(29)25-9-18-17-8-15(17)10-28(18)23(30)20-21(32-13(3)27-20)14-5-4-6-16(24)7-14/h4-7,15,17-18H,8-10H2,1-3H3,(H,25,29)/t15-,17-,18-/m1/s1. The van der Waals surface area contributed by atoms with Crippen LogP contribution in [0.25, 0.3) is 10.4 Å². The topological polar surface area (TPSA) is 88.3 Å². The van der Waals surface area contributed by atoms with Crippen LogP contribution in [0.3, 0.4) is 0 Å². The van der Waals surface area contributed by atoms with Gasteiger partial charge < -0.3 is 14.6 Å². The number of halogens is 1. The van der Waals surface area contributed by atoms with Crippen LogP contribution in [0.1, 0.15) is 44.1 Å². The first-order valence-electron chi connectivity index (χ1n) is 10.6. The van der Waals surface area contributed by atoms with E-state index >= 15 is 0 Å². The van der Waals surface area contributed by atoms with Crippen molar-refractivity contribution in [3.63, 3.8) is 0 Å². The van der Waals surface area contributed by atoms with Crippen molar-refractivity contribution in [1.29, 1.82) is 0 Å². The summed E-state index contributed by atoms with van der Waals surface area (Å²) in [7, 11) is 0. The number of carbonyl (C=O) groups excluding carboxylic acids is 2. The maximum Gasteiger partial charge on any atom is 0.274 e. The van der Waals surface area contributed by atoms with Gasteiger partial charge in [-0.05, 0) is 49.8 Å². The van der Waals surface area contributed by atoms with Gasteiger partial charge in [0, 0.05) is 20.0 Å². The van der Waals surface area contributed by atoms with E-state index in [9.17, 15) is 14.0 Å². The number of carbonyl (C=O) groups is 2. The summed E-state index contributed by atoms with van der Waals surface area (Å²) in [6.07, 6.45) is 1.05. The number of nitrogens with one attached hydrogen (secondary N) is 1. The summed E-state index contributed by atoms with van der Waals surface area (Å²) in [5.74, 6) is 0.909. The van der Waals surface area contributed by atoms with Crippen molar-refractivity contribution in [3.8, 4) is 10.4 Å². The molecule has 7 nitrogen and oxygen atoms in total. The van der Waals surface area contributed by atoms with E-state index in [1.54, 1.807) is 26.0 Å². The first-order chi connectivity index (χ1) is 15.3. The van der Waals surface area contributed by atoms with E-state index in [0.717, 1.165) is 11.4 Å². The molecule has 0 bridgehead atoms. The van der Waals surface area contributed by atoms with Crippen LogP contribution in [0.2, 0.25) is 0 Å². The molecule has 0 spiro atoms. The molecule has 1 aromatic carbocycles. The van der Waals surface area contributed by atoms with Gasteiger partial charge in [-0.2, -0.15) is 0 Å². The number of benzene rings is 1. The van der Waals surface area contributed by atoms with E-state index < -0.39 is 0 Å². The fourth-order valence-corrected chi connectivity index (χ4v) is 5.53. The van der Waals surface area contributed by atoms with Crippen molar-refractivity contribution < 1.29 is 18.4 Å². The molecule has 3 atom stereocenters. The summed E-state index contributed by atoms with van der Waals surface area (Å²) in [5.41, 5.74) is 1.26. The quantitative estimate of drug-likeness (QED) is 0.634. The largest absolute Gasteiger partial charge is 0.445 e. The highest BCUT2D eigenvalue weighted by Crippen LogP contribution is 2.50. The van der Waals surface area contributed by atoms with Crippen LogP contribution in [0.5, 0.6) is 0 Å². The smallest absolute Gasteiger partial charge is 0.274 e. The molecule has 2 aromatic heterocycles. The maximum absolute atomic E-state index is 13.8.